The van der Waals surface area contributed by atoms with E-state index >= 15 is 0 Å². The molecular formula is C12H24N2. The van der Waals surface area contributed by atoms with Gasteiger partial charge in [-0.1, -0.05) is 6.92 Å². The lowest BCUT2D eigenvalue weighted by atomic mass is 9.85. The highest BCUT2D eigenvalue weighted by Gasteiger charge is 2.42. The molecule has 2 aliphatic rings. The minimum atomic E-state index is 0.584. The van der Waals surface area contributed by atoms with E-state index in [0.717, 1.165) is 6.04 Å². The monoisotopic (exact) mass is 196 g/mol. The summed E-state index contributed by atoms with van der Waals surface area (Å²) in [6.07, 6.45) is 6.91. The number of hydrogen-bond donors (Lipinski definition) is 1. The van der Waals surface area contributed by atoms with Gasteiger partial charge in [-0.05, 0) is 58.7 Å². The van der Waals surface area contributed by atoms with E-state index in [-0.39, 0.29) is 0 Å². The Kier molecular flexibility index (Phi) is 3.13. The molecule has 2 heterocycles. The first-order chi connectivity index (χ1) is 6.78. The van der Waals surface area contributed by atoms with Gasteiger partial charge in [0.15, 0.2) is 0 Å². The molecule has 82 valence electrons. The first kappa shape index (κ1) is 10.4. The third-order valence-corrected chi connectivity index (χ3v) is 4.31. The number of hydrogen-bond acceptors (Lipinski definition) is 2. The van der Waals surface area contributed by atoms with Crippen LogP contribution in [0.1, 0.15) is 46.0 Å². The van der Waals surface area contributed by atoms with Gasteiger partial charge in [0, 0.05) is 11.6 Å². The number of nitrogens with zero attached hydrogens (tertiary/aromatic N) is 1. The van der Waals surface area contributed by atoms with Crippen LogP contribution < -0.4 is 5.32 Å². The summed E-state index contributed by atoms with van der Waals surface area (Å²) < 4.78 is 0. The molecule has 2 saturated heterocycles. The van der Waals surface area contributed by atoms with Crippen molar-refractivity contribution < 1.29 is 0 Å². The highest BCUT2D eigenvalue weighted by molar-refractivity contribution is 5.00. The van der Waals surface area contributed by atoms with Crippen LogP contribution in [0.4, 0.5) is 0 Å². The van der Waals surface area contributed by atoms with E-state index in [1.807, 2.05) is 0 Å². The molecule has 2 aliphatic heterocycles. The Bertz CT molecular complexity index is 185. The van der Waals surface area contributed by atoms with E-state index in [1.54, 1.807) is 0 Å². The molecule has 0 bridgehead atoms. The molecule has 14 heavy (non-hydrogen) atoms. The minimum absolute atomic E-state index is 0.584. The Morgan fingerprint density at radius 2 is 2.00 bits per heavy atom. The molecule has 0 aromatic heterocycles. The molecule has 2 nitrogen and oxygen atoms in total. The van der Waals surface area contributed by atoms with Crippen LogP contribution in [-0.2, 0) is 0 Å². The van der Waals surface area contributed by atoms with Crippen molar-refractivity contribution in [2.75, 3.05) is 19.6 Å². The lowest BCUT2D eigenvalue weighted by Crippen LogP contribution is -2.53. The average Bonchev–Trinajstić information content (AvgIpc) is 2.62. The molecule has 0 aliphatic carbocycles. The topological polar surface area (TPSA) is 15.3 Å². The molecule has 1 unspecified atom stereocenters. The fourth-order valence-corrected chi connectivity index (χ4v) is 3.30. The molecule has 1 atom stereocenters. The Morgan fingerprint density at radius 1 is 1.29 bits per heavy atom. The van der Waals surface area contributed by atoms with E-state index in [4.69, 9.17) is 0 Å². The molecule has 2 heteroatoms. The zero-order valence-electron chi connectivity index (χ0n) is 9.68. The fraction of sp³-hybridized carbons (Fsp3) is 1.00. The number of nitrogens with one attached hydrogen (secondary N) is 1. The van der Waals surface area contributed by atoms with Crippen LogP contribution in [-0.4, -0.2) is 36.1 Å². The molecule has 1 spiro atoms. The molecule has 0 aromatic carbocycles. The number of rotatable bonds is 2. The summed E-state index contributed by atoms with van der Waals surface area (Å²) >= 11 is 0. The SMILES string of the molecule is CCC(C)N1CCCC12CCNCC2. The number of likely N-dealkylation sites (tertiary alicyclic amines) is 1. The first-order valence-corrected chi connectivity index (χ1v) is 6.26. The highest BCUT2D eigenvalue weighted by Crippen LogP contribution is 2.38. The summed E-state index contributed by atoms with van der Waals surface area (Å²) in [5.41, 5.74) is 0.584. The standard InChI is InChI=1S/C12H24N2/c1-3-11(2)14-10-4-5-12(14)6-8-13-9-7-12/h11,13H,3-10H2,1-2H3. The van der Waals surface area contributed by atoms with Crippen molar-refractivity contribution in [1.29, 1.82) is 0 Å². The predicted octanol–water partition coefficient (Wildman–Crippen LogP) is 2.00. The maximum atomic E-state index is 3.49. The van der Waals surface area contributed by atoms with Crippen molar-refractivity contribution in [2.24, 2.45) is 0 Å². The number of piperidine rings is 1. The Balaban J connectivity index is 2.07. The summed E-state index contributed by atoms with van der Waals surface area (Å²) in [5, 5.41) is 3.49. The third kappa shape index (κ3) is 1.70. The smallest absolute Gasteiger partial charge is 0.0237 e. The molecule has 0 amide bonds. The summed E-state index contributed by atoms with van der Waals surface area (Å²) in [6, 6.07) is 0.788. The minimum Gasteiger partial charge on any atom is -0.317 e. The summed E-state index contributed by atoms with van der Waals surface area (Å²) in [6.45, 7) is 8.52. The molecule has 1 N–H and O–H groups in total. The first-order valence-electron chi connectivity index (χ1n) is 6.26. The van der Waals surface area contributed by atoms with Crippen molar-refractivity contribution in [3.8, 4) is 0 Å². The predicted molar refractivity (Wildman–Crippen MR) is 60.5 cm³/mol. The van der Waals surface area contributed by atoms with Gasteiger partial charge in [-0.2, -0.15) is 0 Å². The van der Waals surface area contributed by atoms with Gasteiger partial charge in [0.05, 0.1) is 0 Å². The normalized spacial score (nSPS) is 29.6. The van der Waals surface area contributed by atoms with Crippen molar-refractivity contribution in [2.45, 2.75) is 57.5 Å². The van der Waals surface area contributed by atoms with Crippen molar-refractivity contribution in [3.05, 3.63) is 0 Å². The van der Waals surface area contributed by atoms with E-state index in [1.165, 1.54) is 51.7 Å². The molecule has 0 aromatic rings. The Hall–Kier alpha value is -0.0800. The van der Waals surface area contributed by atoms with Crippen molar-refractivity contribution >= 4 is 0 Å². The van der Waals surface area contributed by atoms with Gasteiger partial charge in [0.25, 0.3) is 0 Å². The largest absolute Gasteiger partial charge is 0.317 e. The molecule has 2 rings (SSSR count). The Labute approximate surface area is 88.1 Å². The van der Waals surface area contributed by atoms with Crippen LogP contribution in [0.5, 0.6) is 0 Å². The fourth-order valence-electron chi connectivity index (χ4n) is 3.30. The molecule has 0 radical (unpaired) electrons. The second-order valence-corrected chi connectivity index (χ2v) is 5.03. The van der Waals surface area contributed by atoms with Gasteiger partial charge < -0.3 is 5.32 Å². The van der Waals surface area contributed by atoms with Crippen LogP contribution in [0.3, 0.4) is 0 Å². The molecular weight excluding hydrogens is 172 g/mol. The van der Waals surface area contributed by atoms with E-state index in [0.29, 0.717) is 5.54 Å². The van der Waals surface area contributed by atoms with Crippen LogP contribution in [0.25, 0.3) is 0 Å². The summed E-state index contributed by atoms with van der Waals surface area (Å²) in [7, 11) is 0. The second kappa shape index (κ2) is 4.19. The van der Waals surface area contributed by atoms with Crippen molar-refractivity contribution in [3.63, 3.8) is 0 Å². The van der Waals surface area contributed by atoms with E-state index < -0.39 is 0 Å². The Morgan fingerprint density at radius 3 is 2.64 bits per heavy atom. The molecule has 0 saturated carbocycles. The maximum Gasteiger partial charge on any atom is 0.0237 e. The highest BCUT2D eigenvalue weighted by atomic mass is 15.3. The zero-order chi connectivity index (χ0) is 10.0. The van der Waals surface area contributed by atoms with Gasteiger partial charge in [-0.25, -0.2) is 0 Å². The van der Waals surface area contributed by atoms with Crippen LogP contribution in [0.2, 0.25) is 0 Å². The van der Waals surface area contributed by atoms with E-state index in [2.05, 4.69) is 24.1 Å². The average molecular weight is 196 g/mol. The van der Waals surface area contributed by atoms with Gasteiger partial charge in [0.1, 0.15) is 0 Å². The summed E-state index contributed by atoms with van der Waals surface area (Å²) in [5.74, 6) is 0. The van der Waals surface area contributed by atoms with Gasteiger partial charge in [-0.3, -0.25) is 4.90 Å². The third-order valence-electron chi connectivity index (χ3n) is 4.31. The van der Waals surface area contributed by atoms with Gasteiger partial charge in [0.2, 0.25) is 0 Å². The van der Waals surface area contributed by atoms with E-state index in [9.17, 15) is 0 Å². The van der Waals surface area contributed by atoms with Crippen LogP contribution in [0.15, 0.2) is 0 Å². The van der Waals surface area contributed by atoms with Crippen molar-refractivity contribution in [1.82, 2.24) is 10.2 Å². The maximum absolute atomic E-state index is 3.49. The van der Waals surface area contributed by atoms with Gasteiger partial charge in [-0.15, -0.1) is 0 Å². The van der Waals surface area contributed by atoms with Crippen LogP contribution in [0, 0.1) is 0 Å². The molecule has 2 fully saturated rings. The second-order valence-electron chi connectivity index (χ2n) is 5.03. The summed E-state index contributed by atoms with van der Waals surface area (Å²) in [4.78, 5) is 2.80. The van der Waals surface area contributed by atoms with Gasteiger partial charge >= 0.3 is 0 Å². The lowest BCUT2D eigenvalue weighted by molar-refractivity contribution is 0.0626. The zero-order valence-corrected chi connectivity index (χ0v) is 9.68. The van der Waals surface area contributed by atoms with Crippen LogP contribution >= 0.6 is 0 Å². The lowest BCUT2D eigenvalue weighted by Gasteiger charge is -2.44. The quantitative estimate of drug-likeness (QED) is 0.727.